The molecule has 0 bridgehead atoms. The Balaban J connectivity index is 2.67. The van der Waals surface area contributed by atoms with E-state index >= 15 is 0 Å². The molecule has 2 rings (SSSR count). The third kappa shape index (κ3) is 2.08. The smallest absolute Gasteiger partial charge is 0.160 e. The van der Waals surface area contributed by atoms with Crippen molar-refractivity contribution in [3.63, 3.8) is 0 Å². The van der Waals surface area contributed by atoms with Gasteiger partial charge in [0, 0.05) is 21.0 Å². The zero-order valence-electron chi connectivity index (χ0n) is 8.46. The molecule has 0 saturated heterocycles. The topological polar surface area (TPSA) is 17.1 Å². The number of hydrogen-bond donors (Lipinski definition) is 0. The van der Waals surface area contributed by atoms with Crippen LogP contribution in [0.4, 0.5) is 4.39 Å². The van der Waals surface area contributed by atoms with E-state index < -0.39 is 0 Å². The van der Waals surface area contributed by atoms with Gasteiger partial charge >= 0.3 is 0 Å². The third-order valence-electron chi connectivity index (χ3n) is 2.27. The van der Waals surface area contributed by atoms with E-state index in [9.17, 15) is 9.18 Å². The molecule has 0 amide bonds. The molecule has 0 atom stereocenters. The fourth-order valence-corrected chi connectivity index (χ4v) is 3.03. The van der Waals surface area contributed by atoms with Crippen molar-refractivity contribution >= 4 is 33.0 Å². The van der Waals surface area contributed by atoms with Gasteiger partial charge in [0.15, 0.2) is 5.78 Å². The maximum absolute atomic E-state index is 13.2. The van der Waals surface area contributed by atoms with Crippen molar-refractivity contribution in [1.82, 2.24) is 0 Å². The Hall–Kier alpha value is -1.00. The summed E-state index contributed by atoms with van der Waals surface area (Å²) in [7, 11) is 0. The van der Waals surface area contributed by atoms with Gasteiger partial charge < -0.3 is 0 Å². The third-order valence-corrected chi connectivity index (χ3v) is 3.97. The fourth-order valence-electron chi connectivity index (χ4n) is 1.52. The van der Waals surface area contributed by atoms with Gasteiger partial charge in [-0.1, -0.05) is 0 Å². The minimum atomic E-state index is -0.335. The highest BCUT2D eigenvalue weighted by Crippen LogP contribution is 2.34. The normalized spacial score (nSPS) is 10.4. The molecule has 0 fully saturated rings. The Labute approximate surface area is 105 Å². The molecule has 16 heavy (non-hydrogen) atoms. The van der Waals surface area contributed by atoms with Crippen LogP contribution in [0.3, 0.4) is 0 Å². The molecule has 0 radical (unpaired) electrons. The summed E-state index contributed by atoms with van der Waals surface area (Å²) in [6.45, 7) is 1.48. The van der Waals surface area contributed by atoms with Crippen molar-refractivity contribution in [2.75, 3.05) is 0 Å². The van der Waals surface area contributed by atoms with Crippen molar-refractivity contribution in [2.45, 2.75) is 6.92 Å². The molecule has 0 spiro atoms. The first-order valence-corrected chi connectivity index (χ1v) is 6.35. The number of carbonyl (C=O) groups excluding carboxylic acids is 1. The molecule has 1 aromatic carbocycles. The molecule has 1 nitrogen and oxygen atoms in total. The molecule has 0 aliphatic heterocycles. The lowest BCUT2D eigenvalue weighted by molar-refractivity contribution is 0.101. The minimum Gasteiger partial charge on any atom is -0.294 e. The molecule has 1 heterocycles. The lowest BCUT2D eigenvalue weighted by atomic mass is 9.99. The highest BCUT2D eigenvalue weighted by molar-refractivity contribution is 9.10. The maximum Gasteiger partial charge on any atom is 0.160 e. The molecule has 0 unspecified atom stereocenters. The minimum absolute atomic E-state index is 0.0619. The van der Waals surface area contributed by atoms with E-state index in [4.69, 9.17) is 0 Å². The summed E-state index contributed by atoms with van der Waals surface area (Å²) < 4.78 is 14.1. The summed E-state index contributed by atoms with van der Waals surface area (Å²) in [5, 5.41) is 3.80. The SMILES string of the molecule is CC(=O)c1ccc(F)cc1-c1cscc1Br. The van der Waals surface area contributed by atoms with Gasteiger partial charge in [0.1, 0.15) is 5.82 Å². The van der Waals surface area contributed by atoms with E-state index in [2.05, 4.69) is 15.9 Å². The van der Waals surface area contributed by atoms with E-state index in [-0.39, 0.29) is 11.6 Å². The molecule has 1 aromatic heterocycles. The number of carbonyl (C=O) groups is 1. The summed E-state index contributed by atoms with van der Waals surface area (Å²) in [5.41, 5.74) is 2.04. The quantitative estimate of drug-likeness (QED) is 0.745. The average molecular weight is 299 g/mol. The van der Waals surface area contributed by atoms with Crippen LogP contribution in [0.2, 0.25) is 0 Å². The molecule has 4 heteroatoms. The van der Waals surface area contributed by atoms with Gasteiger partial charge in [-0.05, 0) is 52.0 Å². The van der Waals surface area contributed by atoms with Gasteiger partial charge in [0.2, 0.25) is 0 Å². The number of rotatable bonds is 2. The molecule has 0 N–H and O–H groups in total. The van der Waals surface area contributed by atoms with Crippen LogP contribution in [0.25, 0.3) is 11.1 Å². The number of halogens is 2. The van der Waals surface area contributed by atoms with Crippen LogP contribution in [0.1, 0.15) is 17.3 Å². The van der Waals surface area contributed by atoms with Crippen molar-refractivity contribution in [2.24, 2.45) is 0 Å². The highest BCUT2D eigenvalue weighted by Gasteiger charge is 2.13. The molecular weight excluding hydrogens is 291 g/mol. The lowest BCUT2D eigenvalue weighted by Crippen LogP contribution is -1.96. The summed E-state index contributed by atoms with van der Waals surface area (Å²) >= 11 is 4.89. The molecule has 0 saturated carbocycles. The maximum atomic E-state index is 13.2. The van der Waals surface area contributed by atoms with Gasteiger partial charge in [-0.15, -0.1) is 0 Å². The largest absolute Gasteiger partial charge is 0.294 e. The molecule has 2 aromatic rings. The Morgan fingerprint density at radius 2 is 2.06 bits per heavy atom. The van der Waals surface area contributed by atoms with E-state index in [1.54, 1.807) is 0 Å². The van der Waals surface area contributed by atoms with Crippen LogP contribution in [0, 0.1) is 5.82 Å². The van der Waals surface area contributed by atoms with Crippen LogP contribution in [-0.2, 0) is 0 Å². The summed E-state index contributed by atoms with van der Waals surface area (Å²) in [4.78, 5) is 11.4. The standard InChI is InChI=1S/C12H8BrFOS/c1-7(15)9-3-2-8(14)4-10(9)11-5-16-6-12(11)13/h2-6H,1H3. The Bertz CT molecular complexity index is 548. The highest BCUT2D eigenvalue weighted by atomic mass is 79.9. The van der Waals surface area contributed by atoms with Crippen LogP contribution in [0.5, 0.6) is 0 Å². The lowest BCUT2D eigenvalue weighted by Gasteiger charge is -2.06. The Morgan fingerprint density at radius 1 is 1.31 bits per heavy atom. The van der Waals surface area contributed by atoms with Gasteiger partial charge in [0.05, 0.1) is 0 Å². The van der Waals surface area contributed by atoms with E-state index in [0.29, 0.717) is 11.1 Å². The number of benzene rings is 1. The molecular formula is C12H8BrFOS. The van der Waals surface area contributed by atoms with E-state index in [1.165, 1.54) is 36.5 Å². The van der Waals surface area contributed by atoms with Crippen molar-refractivity contribution < 1.29 is 9.18 Å². The van der Waals surface area contributed by atoms with Crippen LogP contribution in [-0.4, -0.2) is 5.78 Å². The average Bonchev–Trinajstić information content (AvgIpc) is 2.63. The Kier molecular flexibility index (Phi) is 3.21. The van der Waals surface area contributed by atoms with Gasteiger partial charge in [-0.25, -0.2) is 4.39 Å². The molecule has 0 aliphatic rings. The van der Waals surface area contributed by atoms with Crippen LogP contribution >= 0.6 is 27.3 Å². The first-order chi connectivity index (χ1) is 7.59. The second-order valence-corrected chi connectivity index (χ2v) is 4.98. The number of ketones is 1. The monoisotopic (exact) mass is 298 g/mol. The predicted octanol–water partition coefficient (Wildman–Crippen LogP) is 4.52. The summed E-state index contributed by atoms with van der Waals surface area (Å²) in [6, 6.07) is 4.22. The second-order valence-electron chi connectivity index (χ2n) is 3.38. The number of hydrogen-bond acceptors (Lipinski definition) is 2. The van der Waals surface area contributed by atoms with Crippen LogP contribution < -0.4 is 0 Å². The second kappa shape index (κ2) is 4.47. The van der Waals surface area contributed by atoms with Gasteiger partial charge in [0.25, 0.3) is 0 Å². The summed E-state index contributed by atoms with van der Waals surface area (Å²) in [5.74, 6) is -0.397. The first kappa shape index (κ1) is 11.5. The van der Waals surface area contributed by atoms with Gasteiger partial charge in [-0.3, -0.25) is 4.79 Å². The molecule has 0 aliphatic carbocycles. The van der Waals surface area contributed by atoms with E-state index in [1.807, 2.05) is 10.8 Å². The fraction of sp³-hybridized carbons (Fsp3) is 0.0833. The summed E-state index contributed by atoms with van der Waals surface area (Å²) in [6.07, 6.45) is 0. The Morgan fingerprint density at radius 3 is 2.62 bits per heavy atom. The number of thiophene rings is 1. The molecule has 82 valence electrons. The zero-order valence-corrected chi connectivity index (χ0v) is 10.9. The van der Waals surface area contributed by atoms with E-state index in [0.717, 1.165) is 10.0 Å². The first-order valence-electron chi connectivity index (χ1n) is 4.62. The van der Waals surface area contributed by atoms with Crippen LogP contribution in [0.15, 0.2) is 33.4 Å². The zero-order chi connectivity index (χ0) is 11.7. The predicted molar refractivity (Wildman–Crippen MR) is 67.4 cm³/mol. The number of Topliss-reactive ketones (excluding diaryl/α,β-unsaturated/α-hetero) is 1. The van der Waals surface area contributed by atoms with Crippen molar-refractivity contribution in [3.05, 3.63) is 44.8 Å². The van der Waals surface area contributed by atoms with Crippen molar-refractivity contribution in [3.8, 4) is 11.1 Å². The van der Waals surface area contributed by atoms with Gasteiger partial charge in [-0.2, -0.15) is 11.3 Å². The van der Waals surface area contributed by atoms with Crippen molar-refractivity contribution in [1.29, 1.82) is 0 Å².